The van der Waals surface area contributed by atoms with Crippen LogP contribution in [0.15, 0.2) is 81.9 Å². The molecule has 3 N–H and O–H groups in total. The molecule has 0 radical (unpaired) electrons. The highest BCUT2D eigenvalue weighted by Gasteiger charge is 2.26. The van der Waals surface area contributed by atoms with Gasteiger partial charge in [-0.15, -0.1) is 0 Å². The molecule has 1 heterocycles. The zero-order valence-corrected chi connectivity index (χ0v) is 20.8. The SMILES string of the molecule is C[C@@H](CC(=O)N(CCC1=CCCCC1)c1c(N)n(Cc2ccccc2)c(=O)[nH]c1=O)c1ccccc1. The van der Waals surface area contributed by atoms with Gasteiger partial charge >= 0.3 is 5.69 Å². The van der Waals surface area contributed by atoms with Crippen LogP contribution in [0.2, 0.25) is 0 Å². The van der Waals surface area contributed by atoms with E-state index < -0.39 is 11.2 Å². The monoisotopic (exact) mass is 486 g/mol. The Morgan fingerprint density at radius 1 is 1.06 bits per heavy atom. The summed E-state index contributed by atoms with van der Waals surface area (Å²) in [5.41, 5.74) is 8.49. The number of carbonyl (C=O) groups excluding carboxylic acids is 1. The van der Waals surface area contributed by atoms with Crippen molar-refractivity contribution in [2.24, 2.45) is 0 Å². The van der Waals surface area contributed by atoms with Gasteiger partial charge < -0.3 is 10.6 Å². The molecule has 0 fully saturated rings. The van der Waals surface area contributed by atoms with Crippen LogP contribution in [0.3, 0.4) is 0 Å². The number of anilines is 2. The second-order valence-electron chi connectivity index (χ2n) is 9.48. The summed E-state index contributed by atoms with van der Waals surface area (Å²) < 4.78 is 1.33. The fourth-order valence-electron chi connectivity index (χ4n) is 4.78. The van der Waals surface area contributed by atoms with Gasteiger partial charge in [-0.3, -0.25) is 19.1 Å². The number of hydrogen-bond donors (Lipinski definition) is 2. The topological polar surface area (TPSA) is 101 Å². The maximum Gasteiger partial charge on any atom is 0.330 e. The Balaban J connectivity index is 1.68. The first-order valence-electron chi connectivity index (χ1n) is 12.6. The maximum absolute atomic E-state index is 13.7. The van der Waals surface area contributed by atoms with Gasteiger partial charge in [0.15, 0.2) is 5.69 Å². The molecule has 0 aliphatic heterocycles. The van der Waals surface area contributed by atoms with Crippen molar-refractivity contribution in [2.45, 2.75) is 57.9 Å². The van der Waals surface area contributed by atoms with Crippen molar-refractivity contribution < 1.29 is 4.79 Å². The lowest BCUT2D eigenvalue weighted by Gasteiger charge is -2.27. The summed E-state index contributed by atoms with van der Waals surface area (Å²) in [4.78, 5) is 43.3. The normalized spacial score (nSPS) is 14.2. The van der Waals surface area contributed by atoms with Crippen molar-refractivity contribution in [3.05, 3.63) is 104 Å². The minimum absolute atomic E-state index is 0.00550. The van der Waals surface area contributed by atoms with E-state index in [1.165, 1.54) is 21.5 Å². The van der Waals surface area contributed by atoms with Gasteiger partial charge in [-0.05, 0) is 49.1 Å². The number of nitrogen functional groups attached to an aromatic ring is 1. The predicted octanol–water partition coefficient (Wildman–Crippen LogP) is 4.58. The number of amides is 1. The molecule has 0 spiro atoms. The van der Waals surface area contributed by atoms with E-state index in [0.717, 1.165) is 30.4 Å². The summed E-state index contributed by atoms with van der Waals surface area (Å²) >= 11 is 0. The Morgan fingerprint density at radius 3 is 2.42 bits per heavy atom. The van der Waals surface area contributed by atoms with Crippen molar-refractivity contribution >= 4 is 17.4 Å². The van der Waals surface area contributed by atoms with Gasteiger partial charge in [-0.2, -0.15) is 0 Å². The Morgan fingerprint density at radius 2 is 1.75 bits per heavy atom. The third-order valence-electron chi connectivity index (χ3n) is 6.86. The molecule has 36 heavy (non-hydrogen) atoms. The van der Waals surface area contributed by atoms with Crippen LogP contribution in [0, 0.1) is 0 Å². The Hall–Kier alpha value is -3.87. The van der Waals surface area contributed by atoms with Crippen LogP contribution in [0.4, 0.5) is 11.5 Å². The van der Waals surface area contributed by atoms with E-state index in [4.69, 9.17) is 5.73 Å². The van der Waals surface area contributed by atoms with Crippen LogP contribution >= 0.6 is 0 Å². The molecule has 0 unspecified atom stereocenters. The second kappa shape index (κ2) is 11.7. The molecule has 2 aromatic carbocycles. The smallest absolute Gasteiger partial charge is 0.330 e. The van der Waals surface area contributed by atoms with Gasteiger partial charge in [0.1, 0.15) is 5.82 Å². The van der Waals surface area contributed by atoms with E-state index >= 15 is 0 Å². The lowest BCUT2D eigenvalue weighted by atomic mass is 9.96. The molecular formula is C29H34N4O3. The molecule has 1 aliphatic rings. The van der Waals surface area contributed by atoms with Crippen molar-refractivity contribution in [3.63, 3.8) is 0 Å². The van der Waals surface area contributed by atoms with Crippen LogP contribution in [0.5, 0.6) is 0 Å². The Kier molecular flexibility index (Phi) is 8.21. The van der Waals surface area contributed by atoms with Crippen LogP contribution in [-0.4, -0.2) is 22.0 Å². The molecule has 4 rings (SSSR count). The van der Waals surface area contributed by atoms with Gasteiger partial charge in [0.2, 0.25) is 5.91 Å². The summed E-state index contributed by atoms with van der Waals surface area (Å²) in [5.74, 6) is -0.221. The summed E-state index contributed by atoms with van der Waals surface area (Å²) in [6.07, 6.45) is 7.48. The Bertz CT molecular complexity index is 1330. The zero-order chi connectivity index (χ0) is 25.5. The molecule has 0 bridgehead atoms. The molecule has 0 saturated heterocycles. The summed E-state index contributed by atoms with van der Waals surface area (Å²) in [7, 11) is 0. The van der Waals surface area contributed by atoms with Crippen molar-refractivity contribution in [1.82, 2.24) is 9.55 Å². The van der Waals surface area contributed by atoms with Gasteiger partial charge in [-0.25, -0.2) is 4.79 Å². The standard InChI is InChI=1S/C29H34N4O3/c1-21(24-15-9-4-10-16-24)19-25(34)32(18-17-22-11-5-2-6-12-22)26-27(30)33(29(36)31-28(26)35)20-23-13-7-3-8-14-23/h3-4,7-11,13-16,21H,2,5-6,12,17-20,30H2,1H3,(H,31,35,36)/t21-/m0/s1. The number of H-pyrrole nitrogens is 1. The molecular weight excluding hydrogens is 452 g/mol. The summed E-state index contributed by atoms with van der Waals surface area (Å²) in [6.45, 7) is 2.53. The number of nitrogens with one attached hydrogen (secondary N) is 1. The number of rotatable bonds is 9. The number of aromatic amines is 1. The van der Waals surface area contributed by atoms with Crippen LogP contribution in [-0.2, 0) is 11.3 Å². The van der Waals surface area contributed by atoms with Crippen LogP contribution in [0.1, 0.15) is 62.5 Å². The number of aromatic nitrogens is 2. The first kappa shape index (κ1) is 25.2. The van der Waals surface area contributed by atoms with Crippen molar-refractivity contribution in [3.8, 4) is 0 Å². The highest BCUT2D eigenvalue weighted by atomic mass is 16.2. The Labute approximate surface area is 211 Å². The fraction of sp³-hybridized carbons (Fsp3) is 0.345. The number of allylic oxidation sites excluding steroid dienone is 1. The average Bonchev–Trinajstić information content (AvgIpc) is 2.90. The molecule has 7 heteroatoms. The van der Waals surface area contributed by atoms with E-state index in [1.54, 1.807) is 0 Å². The molecule has 7 nitrogen and oxygen atoms in total. The van der Waals surface area contributed by atoms with Crippen molar-refractivity contribution in [2.75, 3.05) is 17.2 Å². The molecule has 1 aromatic heterocycles. The first-order chi connectivity index (χ1) is 17.4. The number of benzene rings is 2. The van der Waals surface area contributed by atoms with Gasteiger partial charge in [0.05, 0.1) is 6.54 Å². The van der Waals surface area contributed by atoms with Gasteiger partial charge in [0.25, 0.3) is 5.56 Å². The number of carbonyl (C=O) groups is 1. The minimum Gasteiger partial charge on any atom is -0.383 e. The maximum atomic E-state index is 13.7. The van der Waals surface area contributed by atoms with Gasteiger partial charge in [0, 0.05) is 13.0 Å². The zero-order valence-electron chi connectivity index (χ0n) is 20.8. The van der Waals surface area contributed by atoms with E-state index in [1.807, 2.05) is 67.6 Å². The molecule has 1 atom stereocenters. The molecule has 1 aliphatic carbocycles. The predicted molar refractivity (Wildman–Crippen MR) is 144 cm³/mol. The number of nitrogens with two attached hydrogens (primary N) is 1. The van der Waals surface area contributed by atoms with E-state index in [-0.39, 0.29) is 36.3 Å². The molecule has 0 saturated carbocycles. The van der Waals surface area contributed by atoms with E-state index in [2.05, 4.69) is 11.1 Å². The summed E-state index contributed by atoms with van der Waals surface area (Å²) in [6, 6.07) is 19.3. The molecule has 1 amide bonds. The van der Waals surface area contributed by atoms with Gasteiger partial charge in [-0.1, -0.05) is 79.2 Å². The van der Waals surface area contributed by atoms with E-state index in [9.17, 15) is 14.4 Å². The average molecular weight is 487 g/mol. The number of nitrogens with zero attached hydrogens (tertiary/aromatic N) is 2. The van der Waals surface area contributed by atoms with Crippen LogP contribution < -0.4 is 21.9 Å². The lowest BCUT2D eigenvalue weighted by molar-refractivity contribution is -0.118. The van der Waals surface area contributed by atoms with Crippen LogP contribution in [0.25, 0.3) is 0 Å². The van der Waals surface area contributed by atoms with E-state index in [0.29, 0.717) is 13.0 Å². The quantitative estimate of drug-likeness (QED) is 0.432. The lowest BCUT2D eigenvalue weighted by Crippen LogP contribution is -2.42. The third kappa shape index (κ3) is 6.03. The largest absolute Gasteiger partial charge is 0.383 e. The molecule has 188 valence electrons. The minimum atomic E-state index is -0.639. The molecule has 3 aromatic rings. The fourth-order valence-corrected chi connectivity index (χ4v) is 4.78. The number of hydrogen-bond acceptors (Lipinski definition) is 4. The second-order valence-corrected chi connectivity index (χ2v) is 9.48. The highest BCUT2D eigenvalue weighted by Crippen LogP contribution is 2.26. The highest BCUT2D eigenvalue weighted by molar-refractivity contribution is 5.96. The van der Waals surface area contributed by atoms with Crippen molar-refractivity contribution in [1.29, 1.82) is 0 Å². The first-order valence-corrected chi connectivity index (χ1v) is 12.6. The third-order valence-corrected chi connectivity index (χ3v) is 6.86. The summed E-state index contributed by atoms with van der Waals surface area (Å²) in [5, 5.41) is 0.